The molecule has 1 atom stereocenters. The number of nitrogens with one attached hydrogen (secondary N) is 1. The standard InChI is InChI=1S/C26H28N2O5/c1-17(2)25(18-7-10-22-24(14-18)32-13-12-31-22)28-26(29)19-8-9-21(30-3)23(15-19)33-16-20-6-4-5-11-27-20/h4-11,14-15,17,25H,12-13,16H2,1-3H3,(H,28,29)/t25-/m0/s1. The molecular weight excluding hydrogens is 420 g/mol. The van der Waals surface area contributed by atoms with Gasteiger partial charge in [0.05, 0.1) is 18.8 Å². The molecular formula is C26H28N2O5. The van der Waals surface area contributed by atoms with Crippen molar-refractivity contribution in [2.75, 3.05) is 20.3 Å². The number of rotatable bonds is 8. The molecule has 1 amide bonds. The van der Waals surface area contributed by atoms with E-state index in [1.807, 2.05) is 36.4 Å². The van der Waals surface area contributed by atoms with Gasteiger partial charge < -0.3 is 24.3 Å². The van der Waals surface area contributed by atoms with E-state index < -0.39 is 0 Å². The number of hydrogen-bond acceptors (Lipinski definition) is 6. The van der Waals surface area contributed by atoms with Gasteiger partial charge in [-0.15, -0.1) is 0 Å². The lowest BCUT2D eigenvalue weighted by Crippen LogP contribution is -2.32. The van der Waals surface area contributed by atoms with E-state index in [1.54, 1.807) is 31.5 Å². The summed E-state index contributed by atoms with van der Waals surface area (Å²) in [5.74, 6) is 2.42. The second-order valence-corrected chi connectivity index (χ2v) is 8.07. The molecule has 0 fully saturated rings. The average molecular weight is 449 g/mol. The van der Waals surface area contributed by atoms with Crippen LogP contribution in [-0.2, 0) is 6.61 Å². The van der Waals surface area contributed by atoms with E-state index in [1.165, 1.54) is 0 Å². The van der Waals surface area contributed by atoms with Gasteiger partial charge in [-0.1, -0.05) is 26.0 Å². The lowest BCUT2D eigenvalue weighted by atomic mass is 9.95. The Labute approximate surface area is 193 Å². The molecule has 0 unspecified atom stereocenters. The quantitative estimate of drug-likeness (QED) is 0.544. The van der Waals surface area contributed by atoms with Gasteiger partial charge >= 0.3 is 0 Å². The molecule has 0 saturated heterocycles. The maximum absolute atomic E-state index is 13.2. The van der Waals surface area contributed by atoms with Crippen molar-refractivity contribution >= 4 is 5.91 Å². The Balaban J connectivity index is 1.52. The van der Waals surface area contributed by atoms with Crippen LogP contribution in [0.5, 0.6) is 23.0 Å². The molecule has 7 heteroatoms. The predicted octanol–water partition coefficient (Wildman–Crippen LogP) is 4.57. The maximum atomic E-state index is 13.2. The van der Waals surface area contributed by atoms with Gasteiger partial charge in [0, 0.05) is 11.8 Å². The third kappa shape index (κ3) is 5.37. The molecule has 0 radical (unpaired) electrons. The molecule has 0 spiro atoms. The molecule has 4 rings (SSSR count). The van der Waals surface area contributed by atoms with Gasteiger partial charge in [0.1, 0.15) is 19.8 Å². The van der Waals surface area contributed by atoms with E-state index in [0.29, 0.717) is 36.0 Å². The Morgan fingerprint density at radius 3 is 2.58 bits per heavy atom. The van der Waals surface area contributed by atoms with Crippen molar-refractivity contribution in [1.82, 2.24) is 10.3 Å². The number of aromatic nitrogens is 1. The highest BCUT2D eigenvalue weighted by Gasteiger charge is 2.23. The van der Waals surface area contributed by atoms with Gasteiger partial charge in [-0.2, -0.15) is 0 Å². The van der Waals surface area contributed by atoms with E-state index >= 15 is 0 Å². The van der Waals surface area contributed by atoms with Gasteiger partial charge in [0.15, 0.2) is 23.0 Å². The summed E-state index contributed by atoms with van der Waals surface area (Å²) in [5.41, 5.74) is 2.23. The van der Waals surface area contributed by atoms with E-state index in [-0.39, 0.29) is 24.5 Å². The first kappa shape index (κ1) is 22.5. The molecule has 2 heterocycles. The van der Waals surface area contributed by atoms with Crippen molar-refractivity contribution in [1.29, 1.82) is 0 Å². The van der Waals surface area contributed by atoms with E-state index in [2.05, 4.69) is 24.1 Å². The largest absolute Gasteiger partial charge is 0.493 e. The molecule has 1 aliphatic rings. The highest BCUT2D eigenvalue weighted by atomic mass is 16.6. The number of benzene rings is 2. The van der Waals surface area contributed by atoms with Crippen molar-refractivity contribution in [3.63, 3.8) is 0 Å². The predicted molar refractivity (Wildman–Crippen MR) is 124 cm³/mol. The number of carbonyl (C=O) groups is 1. The maximum Gasteiger partial charge on any atom is 0.251 e. The molecule has 1 aliphatic heterocycles. The number of fused-ring (bicyclic) bond motifs is 1. The summed E-state index contributed by atoms with van der Waals surface area (Å²) in [5, 5.41) is 3.15. The topological polar surface area (TPSA) is 78.9 Å². The number of pyridine rings is 1. The Morgan fingerprint density at radius 2 is 1.85 bits per heavy atom. The third-order valence-corrected chi connectivity index (χ3v) is 5.41. The van der Waals surface area contributed by atoms with Crippen LogP contribution in [0, 0.1) is 5.92 Å². The molecule has 7 nitrogen and oxygen atoms in total. The summed E-state index contributed by atoms with van der Waals surface area (Å²) in [6, 6.07) is 16.4. The molecule has 0 saturated carbocycles. The lowest BCUT2D eigenvalue weighted by molar-refractivity contribution is 0.0924. The van der Waals surface area contributed by atoms with Crippen molar-refractivity contribution < 1.29 is 23.7 Å². The second-order valence-electron chi connectivity index (χ2n) is 8.07. The van der Waals surface area contributed by atoms with Crippen LogP contribution in [-0.4, -0.2) is 31.2 Å². The van der Waals surface area contributed by atoms with Crippen molar-refractivity contribution in [2.45, 2.75) is 26.5 Å². The van der Waals surface area contributed by atoms with Crippen LogP contribution in [0.2, 0.25) is 0 Å². The first-order valence-corrected chi connectivity index (χ1v) is 11.0. The van der Waals surface area contributed by atoms with E-state index in [9.17, 15) is 4.79 Å². The first-order valence-electron chi connectivity index (χ1n) is 11.0. The Morgan fingerprint density at radius 1 is 1.03 bits per heavy atom. The van der Waals surface area contributed by atoms with Crippen LogP contribution in [0.3, 0.4) is 0 Å². The van der Waals surface area contributed by atoms with Gasteiger partial charge in [-0.25, -0.2) is 0 Å². The molecule has 3 aromatic rings. The Bertz CT molecular complexity index is 1100. The molecule has 0 aliphatic carbocycles. The van der Waals surface area contributed by atoms with Crippen molar-refractivity contribution in [3.05, 3.63) is 77.6 Å². The number of hydrogen-bond donors (Lipinski definition) is 1. The lowest BCUT2D eigenvalue weighted by Gasteiger charge is -2.25. The van der Waals surface area contributed by atoms with Crippen LogP contribution < -0.4 is 24.3 Å². The zero-order valence-electron chi connectivity index (χ0n) is 19.0. The molecule has 33 heavy (non-hydrogen) atoms. The van der Waals surface area contributed by atoms with Crippen LogP contribution in [0.1, 0.15) is 41.5 Å². The first-order chi connectivity index (χ1) is 16.0. The SMILES string of the molecule is COc1ccc(C(=O)N[C@H](c2ccc3c(c2)OCCO3)C(C)C)cc1OCc1ccccn1. The zero-order chi connectivity index (χ0) is 23.2. The van der Waals surface area contributed by atoms with Crippen LogP contribution in [0.4, 0.5) is 0 Å². The fourth-order valence-corrected chi connectivity index (χ4v) is 3.68. The highest BCUT2D eigenvalue weighted by molar-refractivity contribution is 5.95. The van der Waals surface area contributed by atoms with Crippen molar-refractivity contribution in [2.24, 2.45) is 5.92 Å². The minimum atomic E-state index is -0.201. The normalized spacial score (nSPS) is 13.3. The third-order valence-electron chi connectivity index (χ3n) is 5.41. The van der Waals surface area contributed by atoms with E-state index in [4.69, 9.17) is 18.9 Å². The Hall–Kier alpha value is -3.74. The number of carbonyl (C=O) groups excluding carboxylic acids is 1. The van der Waals surface area contributed by atoms with Gasteiger partial charge in [-0.3, -0.25) is 9.78 Å². The summed E-state index contributed by atoms with van der Waals surface area (Å²) in [6.07, 6.45) is 1.71. The van der Waals surface area contributed by atoms with Gasteiger partial charge in [-0.05, 0) is 53.9 Å². The fourth-order valence-electron chi connectivity index (χ4n) is 3.68. The minimum absolute atomic E-state index is 0.162. The van der Waals surface area contributed by atoms with Crippen molar-refractivity contribution in [3.8, 4) is 23.0 Å². The van der Waals surface area contributed by atoms with Gasteiger partial charge in [0.25, 0.3) is 5.91 Å². The molecule has 2 aromatic carbocycles. The number of methoxy groups -OCH3 is 1. The second kappa shape index (κ2) is 10.3. The molecule has 0 bridgehead atoms. The fraction of sp³-hybridized carbons (Fsp3) is 0.308. The summed E-state index contributed by atoms with van der Waals surface area (Å²) in [6.45, 7) is 5.46. The van der Waals surface area contributed by atoms with Crippen LogP contribution in [0.15, 0.2) is 60.8 Å². The molecule has 1 aromatic heterocycles. The monoisotopic (exact) mass is 448 g/mol. The van der Waals surface area contributed by atoms with Crippen LogP contribution in [0.25, 0.3) is 0 Å². The van der Waals surface area contributed by atoms with E-state index in [0.717, 1.165) is 17.0 Å². The van der Waals surface area contributed by atoms with Crippen LogP contribution >= 0.6 is 0 Å². The summed E-state index contributed by atoms with van der Waals surface area (Å²) in [4.78, 5) is 17.4. The minimum Gasteiger partial charge on any atom is -0.493 e. The highest BCUT2D eigenvalue weighted by Crippen LogP contribution is 2.35. The van der Waals surface area contributed by atoms with Gasteiger partial charge in [0.2, 0.25) is 0 Å². The summed E-state index contributed by atoms with van der Waals surface area (Å²) in [7, 11) is 1.57. The zero-order valence-corrected chi connectivity index (χ0v) is 19.0. The molecule has 1 N–H and O–H groups in total. The number of nitrogens with zero attached hydrogens (tertiary/aromatic N) is 1. The summed E-state index contributed by atoms with van der Waals surface area (Å²) >= 11 is 0. The number of amides is 1. The smallest absolute Gasteiger partial charge is 0.251 e. The average Bonchev–Trinajstić information content (AvgIpc) is 2.85. The number of ether oxygens (including phenoxy) is 4. The Kier molecular flexibility index (Phi) is 6.98. The molecule has 172 valence electrons. The summed E-state index contributed by atoms with van der Waals surface area (Å²) < 4.78 is 22.6.